The molecule has 0 bridgehead atoms. The van der Waals surface area contributed by atoms with Crippen LogP contribution in [0.1, 0.15) is 23.6 Å². The summed E-state index contributed by atoms with van der Waals surface area (Å²) >= 11 is 0. The fourth-order valence-corrected chi connectivity index (χ4v) is 13.8. The molecular weight excluding hydrogens is 743 g/mol. The van der Waals surface area contributed by atoms with Gasteiger partial charge in [-0.3, -0.25) is 0 Å². The van der Waals surface area contributed by atoms with Gasteiger partial charge in [-0.15, -0.1) is 0 Å². The minimum absolute atomic E-state index is 0.442. The zero-order chi connectivity index (χ0) is 40.3. The predicted molar refractivity (Wildman–Crippen MR) is 253 cm³/mol. The van der Waals surface area contributed by atoms with Crippen molar-refractivity contribution in [2.75, 3.05) is 4.90 Å². The molecule has 0 fully saturated rings. The second-order valence-electron chi connectivity index (χ2n) is 16.3. The molecular formula is C57H43NOSi. The number of nitrogens with zero attached hydrogens (tertiary/aromatic N) is 1. The minimum Gasteiger partial charge on any atom is -0.457 e. The highest BCUT2D eigenvalue weighted by Crippen LogP contribution is 2.57. The second kappa shape index (κ2) is 14.3. The van der Waals surface area contributed by atoms with Crippen LogP contribution >= 0.6 is 0 Å². The van der Waals surface area contributed by atoms with Crippen molar-refractivity contribution in [2.45, 2.75) is 18.9 Å². The molecule has 2 nitrogen and oxygen atoms in total. The lowest BCUT2D eigenvalue weighted by atomic mass is 9.74. The van der Waals surface area contributed by atoms with Crippen LogP contribution < -0.4 is 25.2 Å². The van der Waals surface area contributed by atoms with E-state index in [4.69, 9.17) is 4.74 Å². The lowest BCUT2D eigenvalue weighted by Gasteiger charge is -2.37. The molecule has 1 aliphatic heterocycles. The van der Waals surface area contributed by atoms with Gasteiger partial charge >= 0.3 is 0 Å². The van der Waals surface area contributed by atoms with E-state index in [1.165, 1.54) is 65.6 Å². The van der Waals surface area contributed by atoms with Gasteiger partial charge in [-0.05, 0) is 109 Å². The molecule has 3 heteroatoms. The molecule has 0 spiro atoms. The van der Waals surface area contributed by atoms with E-state index >= 15 is 0 Å². The van der Waals surface area contributed by atoms with E-state index in [2.05, 4.69) is 243 Å². The van der Waals surface area contributed by atoms with Crippen molar-refractivity contribution in [1.29, 1.82) is 0 Å². The van der Waals surface area contributed by atoms with Crippen LogP contribution in [0.15, 0.2) is 224 Å². The highest BCUT2D eigenvalue weighted by molar-refractivity contribution is 7.11. The zero-order valence-corrected chi connectivity index (χ0v) is 34.7. The maximum Gasteiger partial charge on any atom is 0.155 e. The van der Waals surface area contributed by atoms with Crippen LogP contribution in [-0.2, 0) is 5.41 Å². The first-order chi connectivity index (χ1) is 29.5. The Hall–Kier alpha value is -7.20. The average Bonchev–Trinajstić information content (AvgIpc) is 3.59. The van der Waals surface area contributed by atoms with Crippen LogP contribution in [0.5, 0.6) is 11.5 Å². The summed E-state index contributed by atoms with van der Waals surface area (Å²) in [6.45, 7) is 4.90. The summed E-state index contributed by atoms with van der Waals surface area (Å²) in [6, 6.07) is 81.9. The molecule has 0 saturated carbocycles. The summed E-state index contributed by atoms with van der Waals surface area (Å²) in [5.41, 5.74) is 13.9. The van der Waals surface area contributed by atoms with Gasteiger partial charge < -0.3 is 9.64 Å². The van der Waals surface area contributed by atoms with Crippen molar-refractivity contribution >= 4 is 40.7 Å². The number of benzene rings is 9. The van der Waals surface area contributed by atoms with Crippen molar-refractivity contribution in [3.63, 3.8) is 0 Å². The third-order valence-electron chi connectivity index (χ3n) is 13.1. The third-order valence-corrected chi connectivity index (χ3v) is 17.6. The highest BCUT2D eigenvalue weighted by Gasteiger charge is 2.48. The first-order valence-electron chi connectivity index (χ1n) is 20.8. The van der Waals surface area contributed by atoms with E-state index in [1.807, 2.05) is 0 Å². The maximum atomic E-state index is 7.16. The van der Waals surface area contributed by atoms with E-state index in [1.54, 1.807) is 0 Å². The molecule has 0 aromatic heterocycles. The van der Waals surface area contributed by atoms with Crippen molar-refractivity contribution in [1.82, 2.24) is 0 Å². The first-order valence-corrected chi connectivity index (χ1v) is 23.3. The molecule has 9 aromatic rings. The van der Waals surface area contributed by atoms with Crippen LogP contribution in [0.3, 0.4) is 0 Å². The van der Waals surface area contributed by atoms with Gasteiger partial charge in [-0.1, -0.05) is 189 Å². The van der Waals surface area contributed by atoms with Crippen molar-refractivity contribution in [2.24, 2.45) is 0 Å². The average molecular weight is 786 g/mol. The number of anilines is 3. The van der Waals surface area contributed by atoms with Crippen LogP contribution in [0.4, 0.5) is 17.1 Å². The van der Waals surface area contributed by atoms with Gasteiger partial charge in [0, 0.05) is 28.0 Å². The molecule has 60 heavy (non-hydrogen) atoms. The standard InChI is InChI=1S/C57H43NOSi/c1-57(44-21-11-5-12-22-44)50-37-38-54-56(59-52-25-15-16-26-53(52)60(54,2)48-23-13-6-14-24-48)55(50)49-36-35-47(39-51(49)57)58(45-31-27-42(28-32-45)40-17-7-3-8-18-40)46-33-29-43(30-34-46)41-19-9-4-10-20-41/h3-39H,1-2H3. The molecule has 0 N–H and O–H groups in total. The van der Waals surface area contributed by atoms with Gasteiger partial charge in [0.2, 0.25) is 0 Å². The molecule has 1 aliphatic carbocycles. The number of fused-ring (bicyclic) bond motifs is 6. The van der Waals surface area contributed by atoms with E-state index < -0.39 is 13.5 Å². The lowest BCUT2D eigenvalue weighted by Crippen LogP contribution is -2.66. The number of rotatable bonds is 7. The minimum atomic E-state index is -2.45. The summed E-state index contributed by atoms with van der Waals surface area (Å²) in [5.74, 6) is 1.97. The maximum absolute atomic E-state index is 7.16. The van der Waals surface area contributed by atoms with Crippen LogP contribution in [-0.4, -0.2) is 8.07 Å². The number of hydrogen-bond donors (Lipinski definition) is 0. The molecule has 0 saturated heterocycles. The largest absolute Gasteiger partial charge is 0.457 e. The molecule has 0 amide bonds. The Morgan fingerprint density at radius 2 is 0.933 bits per heavy atom. The monoisotopic (exact) mass is 785 g/mol. The topological polar surface area (TPSA) is 12.5 Å². The Morgan fingerprint density at radius 1 is 0.433 bits per heavy atom. The van der Waals surface area contributed by atoms with E-state index in [0.717, 1.165) is 28.6 Å². The van der Waals surface area contributed by atoms with Gasteiger partial charge in [-0.25, -0.2) is 0 Å². The number of hydrogen-bond acceptors (Lipinski definition) is 2. The second-order valence-corrected chi connectivity index (χ2v) is 20.2. The Kier molecular flexibility index (Phi) is 8.54. The summed E-state index contributed by atoms with van der Waals surface area (Å²) in [5, 5.41) is 4.01. The van der Waals surface area contributed by atoms with Gasteiger partial charge in [0.25, 0.3) is 0 Å². The van der Waals surface area contributed by atoms with Gasteiger partial charge in [-0.2, -0.15) is 0 Å². The molecule has 2 atom stereocenters. The number of ether oxygens (including phenoxy) is 1. The third kappa shape index (κ3) is 5.61. The fraction of sp³-hybridized carbons (Fsp3) is 0.0526. The van der Waals surface area contributed by atoms with Gasteiger partial charge in [0.1, 0.15) is 11.5 Å². The Bertz CT molecular complexity index is 2920. The van der Waals surface area contributed by atoms with Crippen molar-refractivity contribution < 1.29 is 4.74 Å². The Morgan fingerprint density at radius 3 is 1.53 bits per heavy atom. The van der Waals surface area contributed by atoms with Crippen LogP contribution in [0.25, 0.3) is 33.4 Å². The highest BCUT2D eigenvalue weighted by atomic mass is 28.3. The molecule has 11 rings (SSSR count). The molecule has 2 aliphatic rings. The summed E-state index contributed by atoms with van der Waals surface area (Å²) < 4.78 is 7.16. The van der Waals surface area contributed by atoms with E-state index in [9.17, 15) is 0 Å². The lowest BCUT2D eigenvalue weighted by molar-refractivity contribution is 0.488. The first kappa shape index (κ1) is 35.9. The molecule has 2 unspecified atom stereocenters. The van der Waals surface area contributed by atoms with Crippen molar-refractivity contribution in [3.05, 3.63) is 241 Å². The summed E-state index contributed by atoms with van der Waals surface area (Å²) in [4.78, 5) is 2.40. The predicted octanol–water partition coefficient (Wildman–Crippen LogP) is 13.0. The quantitative estimate of drug-likeness (QED) is 0.149. The molecule has 1 heterocycles. The van der Waals surface area contributed by atoms with Crippen molar-refractivity contribution in [3.8, 4) is 44.9 Å². The van der Waals surface area contributed by atoms with Crippen LogP contribution in [0.2, 0.25) is 6.55 Å². The molecule has 9 aromatic carbocycles. The smallest absolute Gasteiger partial charge is 0.155 e. The van der Waals surface area contributed by atoms with Crippen LogP contribution in [0, 0.1) is 0 Å². The summed E-state index contributed by atoms with van der Waals surface area (Å²) in [6.07, 6.45) is 0. The zero-order valence-electron chi connectivity index (χ0n) is 33.7. The molecule has 0 radical (unpaired) electrons. The fourth-order valence-electron chi connectivity index (χ4n) is 9.92. The van der Waals surface area contributed by atoms with Gasteiger partial charge in [0.05, 0.1) is 0 Å². The normalized spacial score (nSPS) is 17.1. The SMILES string of the molecule is CC1(c2ccccc2)c2cc(N(c3ccc(-c4ccccc4)cc3)c3ccc(-c4ccccc4)cc3)ccc2-c2c1ccc1c2Oc2ccccc2[Si]1(C)c1ccccc1. The molecule has 286 valence electrons. The number of para-hydroxylation sites is 1. The summed E-state index contributed by atoms with van der Waals surface area (Å²) in [7, 11) is -2.45. The Labute approximate surface area is 353 Å². The Balaban J connectivity index is 1.12. The van der Waals surface area contributed by atoms with E-state index in [0.29, 0.717) is 0 Å². The van der Waals surface area contributed by atoms with Gasteiger partial charge in [0.15, 0.2) is 8.07 Å². The van der Waals surface area contributed by atoms with E-state index in [-0.39, 0.29) is 0 Å².